The Morgan fingerprint density at radius 2 is 1.90 bits per heavy atom. The molecule has 0 aliphatic carbocycles. The second-order valence-electron chi connectivity index (χ2n) is 5.89. The average Bonchev–Trinajstić information content (AvgIpc) is 3.47. The average molecular weight is 482 g/mol. The number of amides is 1. The van der Waals surface area contributed by atoms with Gasteiger partial charge in [-0.2, -0.15) is 0 Å². The first-order valence-corrected chi connectivity index (χ1v) is 11.9. The third-order valence-electron chi connectivity index (χ3n) is 3.81. The smallest absolute Gasteiger partial charge is 0.348 e. The van der Waals surface area contributed by atoms with Crippen LogP contribution in [0.15, 0.2) is 27.2 Å². The number of hydrogen-bond acceptors (Lipinski definition) is 11. The van der Waals surface area contributed by atoms with Gasteiger partial charge in [0.1, 0.15) is 9.88 Å². The summed E-state index contributed by atoms with van der Waals surface area (Å²) in [5.41, 5.74) is 0.549. The van der Waals surface area contributed by atoms with Crippen molar-refractivity contribution in [3.63, 3.8) is 0 Å². The molecule has 0 radical (unpaired) electrons. The van der Waals surface area contributed by atoms with Crippen LogP contribution in [0.2, 0.25) is 0 Å². The predicted molar refractivity (Wildman–Crippen MR) is 118 cm³/mol. The highest BCUT2D eigenvalue weighted by Crippen LogP contribution is 2.34. The first kappa shape index (κ1) is 23.0. The lowest BCUT2D eigenvalue weighted by molar-refractivity contribution is -0.113. The monoisotopic (exact) mass is 481 g/mol. The maximum absolute atomic E-state index is 12.5. The fourth-order valence-electron chi connectivity index (χ4n) is 2.50. The summed E-state index contributed by atoms with van der Waals surface area (Å²) < 4.78 is 15.7. The number of thioether (sulfide) groups is 1. The second-order valence-corrected chi connectivity index (χ2v) is 8.78. The minimum absolute atomic E-state index is 0.0278. The highest BCUT2D eigenvalue weighted by molar-refractivity contribution is 7.99. The van der Waals surface area contributed by atoms with Crippen LogP contribution >= 0.6 is 34.4 Å². The van der Waals surface area contributed by atoms with Gasteiger partial charge in [-0.05, 0) is 37.8 Å². The Kier molecular flexibility index (Phi) is 7.82. The van der Waals surface area contributed by atoms with E-state index in [1.54, 1.807) is 20.8 Å². The molecule has 0 spiro atoms. The molecule has 9 nitrogen and oxygen atoms in total. The molecule has 0 aliphatic heterocycles. The Balaban J connectivity index is 1.71. The van der Waals surface area contributed by atoms with E-state index in [9.17, 15) is 14.4 Å². The molecule has 1 amide bonds. The fourth-order valence-corrected chi connectivity index (χ4v) is 4.81. The van der Waals surface area contributed by atoms with Crippen molar-refractivity contribution in [2.75, 3.05) is 24.3 Å². The standard InChI is InChI=1S/C19H19N3O6S3/c1-4-26-17(24)13-10(3)14(18(25)27-5-2)31-16(13)20-12(23)9-30-19-22-21-15(28-19)11-7-6-8-29-11/h6-8H,4-5,9H2,1-3H3,(H,20,23). The van der Waals surface area contributed by atoms with E-state index in [4.69, 9.17) is 13.9 Å². The number of anilines is 1. The number of carbonyl (C=O) groups is 3. The molecule has 3 aromatic heterocycles. The largest absolute Gasteiger partial charge is 0.462 e. The van der Waals surface area contributed by atoms with Crippen molar-refractivity contribution in [1.29, 1.82) is 0 Å². The summed E-state index contributed by atoms with van der Waals surface area (Å²) in [5, 5.41) is 12.9. The van der Waals surface area contributed by atoms with Gasteiger partial charge in [-0.25, -0.2) is 9.59 Å². The molecule has 3 rings (SSSR count). The van der Waals surface area contributed by atoms with Gasteiger partial charge < -0.3 is 19.2 Å². The van der Waals surface area contributed by atoms with E-state index < -0.39 is 17.8 Å². The van der Waals surface area contributed by atoms with Crippen molar-refractivity contribution in [2.24, 2.45) is 0 Å². The third kappa shape index (κ3) is 5.51. The van der Waals surface area contributed by atoms with Crippen molar-refractivity contribution in [3.8, 4) is 10.8 Å². The number of aromatic nitrogens is 2. The summed E-state index contributed by atoms with van der Waals surface area (Å²) in [6.45, 7) is 5.34. The Morgan fingerprint density at radius 3 is 2.58 bits per heavy atom. The molecule has 12 heteroatoms. The summed E-state index contributed by atoms with van der Waals surface area (Å²) in [5.74, 6) is -1.22. The van der Waals surface area contributed by atoms with E-state index in [2.05, 4.69) is 15.5 Å². The molecule has 0 bridgehead atoms. The highest BCUT2D eigenvalue weighted by Gasteiger charge is 2.27. The van der Waals surface area contributed by atoms with Gasteiger partial charge in [-0.3, -0.25) is 4.79 Å². The Hall–Kier alpha value is -2.70. The number of carbonyl (C=O) groups excluding carboxylic acids is 3. The van der Waals surface area contributed by atoms with Crippen molar-refractivity contribution in [3.05, 3.63) is 33.5 Å². The normalized spacial score (nSPS) is 10.7. The molecule has 0 saturated carbocycles. The van der Waals surface area contributed by atoms with E-state index in [-0.39, 0.29) is 39.6 Å². The molecule has 0 aromatic carbocycles. The number of esters is 2. The minimum atomic E-state index is -0.618. The van der Waals surface area contributed by atoms with Crippen LogP contribution in [-0.4, -0.2) is 47.0 Å². The molecule has 0 saturated heterocycles. The van der Waals surface area contributed by atoms with Crippen LogP contribution in [0.3, 0.4) is 0 Å². The molecule has 3 aromatic rings. The Morgan fingerprint density at radius 1 is 1.16 bits per heavy atom. The van der Waals surface area contributed by atoms with Gasteiger partial charge in [0.15, 0.2) is 0 Å². The van der Waals surface area contributed by atoms with Gasteiger partial charge in [0, 0.05) is 0 Å². The zero-order chi connectivity index (χ0) is 22.4. The van der Waals surface area contributed by atoms with Gasteiger partial charge in [0.2, 0.25) is 5.91 Å². The molecule has 164 valence electrons. The molecule has 0 atom stereocenters. The number of nitrogens with zero attached hydrogens (tertiary/aromatic N) is 2. The lowest BCUT2D eigenvalue weighted by atomic mass is 10.1. The molecule has 0 aliphatic rings. The van der Waals surface area contributed by atoms with Crippen LogP contribution < -0.4 is 5.32 Å². The molecule has 1 N–H and O–H groups in total. The number of hydrogen-bond donors (Lipinski definition) is 1. The first-order chi connectivity index (χ1) is 14.9. The summed E-state index contributed by atoms with van der Waals surface area (Å²) in [6.07, 6.45) is 0. The zero-order valence-corrected chi connectivity index (χ0v) is 19.4. The van der Waals surface area contributed by atoms with E-state index in [1.807, 2.05) is 17.5 Å². The van der Waals surface area contributed by atoms with Crippen molar-refractivity contribution < 1.29 is 28.3 Å². The number of nitrogens with one attached hydrogen (secondary N) is 1. The number of ether oxygens (including phenoxy) is 2. The number of rotatable bonds is 9. The van der Waals surface area contributed by atoms with Gasteiger partial charge >= 0.3 is 11.9 Å². The molecular weight excluding hydrogens is 462 g/mol. The van der Waals surface area contributed by atoms with Crippen LogP contribution in [0.25, 0.3) is 10.8 Å². The summed E-state index contributed by atoms with van der Waals surface area (Å²) in [4.78, 5) is 38.2. The molecule has 31 heavy (non-hydrogen) atoms. The minimum Gasteiger partial charge on any atom is -0.462 e. The van der Waals surface area contributed by atoms with Crippen LogP contribution in [0.5, 0.6) is 0 Å². The lowest BCUT2D eigenvalue weighted by Crippen LogP contribution is -2.16. The fraction of sp³-hybridized carbons (Fsp3) is 0.316. The SMILES string of the molecule is CCOC(=O)c1sc(NC(=O)CSc2nnc(-c3cccs3)o2)c(C(=O)OCC)c1C. The zero-order valence-electron chi connectivity index (χ0n) is 16.9. The van der Waals surface area contributed by atoms with Crippen LogP contribution in [0, 0.1) is 6.92 Å². The van der Waals surface area contributed by atoms with E-state index >= 15 is 0 Å². The summed E-state index contributed by atoms with van der Waals surface area (Å²) in [7, 11) is 0. The Labute approximate surface area is 190 Å². The van der Waals surface area contributed by atoms with Gasteiger partial charge in [0.05, 0.1) is 29.4 Å². The van der Waals surface area contributed by atoms with E-state index in [0.717, 1.165) is 28.0 Å². The van der Waals surface area contributed by atoms with Gasteiger partial charge in [-0.1, -0.05) is 17.8 Å². The van der Waals surface area contributed by atoms with Crippen LogP contribution in [0.4, 0.5) is 5.00 Å². The lowest BCUT2D eigenvalue weighted by Gasteiger charge is -2.06. The van der Waals surface area contributed by atoms with Crippen LogP contribution in [-0.2, 0) is 14.3 Å². The van der Waals surface area contributed by atoms with Gasteiger partial charge in [-0.15, -0.1) is 32.9 Å². The maximum atomic E-state index is 12.5. The second kappa shape index (κ2) is 10.6. The topological polar surface area (TPSA) is 121 Å². The first-order valence-electron chi connectivity index (χ1n) is 9.22. The molecule has 3 heterocycles. The van der Waals surface area contributed by atoms with Crippen molar-refractivity contribution in [2.45, 2.75) is 26.0 Å². The van der Waals surface area contributed by atoms with E-state index in [0.29, 0.717) is 11.5 Å². The predicted octanol–water partition coefficient (Wildman–Crippen LogP) is 4.25. The van der Waals surface area contributed by atoms with Crippen molar-refractivity contribution in [1.82, 2.24) is 10.2 Å². The number of thiophene rings is 2. The maximum Gasteiger partial charge on any atom is 0.348 e. The molecule has 0 unspecified atom stereocenters. The van der Waals surface area contributed by atoms with Crippen molar-refractivity contribution >= 4 is 57.3 Å². The van der Waals surface area contributed by atoms with Gasteiger partial charge in [0.25, 0.3) is 11.1 Å². The Bertz CT molecular complexity index is 1070. The summed E-state index contributed by atoms with van der Waals surface area (Å²) in [6, 6.07) is 3.73. The quantitative estimate of drug-likeness (QED) is 0.353. The van der Waals surface area contributed by atoms with E-state index in [1.165, 1.54) is 11.3 Å². The van der Waals surface area contributed by atoms with Crippen LogP contribution in [0.1, 0.15) is 39.4 Å². The molecular formula is C19H19N3O6S3. The molecule has 0 fully saturated rings. The summed E-state index contributed by atoms with van der Waals surface area (Å²) >= 11 is 3.51. The third-order valence-corrected chi connectivity index (χ3v) is 6.67. The highest BCUT2D eigenvalue weighted by atomic mass is 32.2.